The van der Waals surface area contributed by atoms with E-state index in [1.165, 1.54) is 31.4 Å². The lowest BCUT2D eigenvalue weighted by Crippen LogP contribution is -2.32. The highest BCUT2D eigenvalue weighted by atomic mass is 35.5. The number of rotatable bonds is 5. The van der Waals surface area contributed by atoms with Crippen LogP contribution >= 0.6 is 11.6 Å². The van der Waals surface area contributed by atoms with E-state index in [9.17, 15) is 14.4 Å². The third-order valence-corrected chi connectivity index (χ3v) is 4.56. The van der Waals surface area contributed by atoms with Gasteiger partial charge in [-0.3, -0.25) is 9.59 Å². The van der Waals surface area contributed by atoms with Crippen LogP contribution in [0.25, 0.3) is 0 Å². The van der Waals surface area contributed by atoms with Gasteiger partial charge in [-0.15, -0.1) is 0 Å². The number of carbonyl (C=O) groups excluding carboxylic acids is 3. The number of carbonyl (C=O) groups is 3. The van der Waals surface area contributed by atoms with Gasteiger partial charge < -0.3 is 10.1 Å². The number of anilines is 2. The molecule has 2 amide bonds. The van der Waals surface area contributed by atoms with Crippen LogP contribution in [0.5, 0.6) is 0 Å². The lowest BCUT2D eigenvalue weighted by molar-refractivity contribution is -0.120. The summed E-state index contributed by atoms with van der Waals surface area (Å²) in [5.74, 6) is -1.69. The van der Waals surface area contributed by atoms with Gasteiger partial charge in [0.2, 0.25) is 0 Å². The second kappa shape index (κ2) is 7.63. The molecule has 1 heterocycles. The summed E-state index contributed by atoms with van der Waals surface area (Å²) >= 11 is 6.11. The van der Waals surface area contributed by atoms with Crippen LogP contribution in [-0.4, -0.2) is 24.9 Å². The molecular weight excluding hydrogens is 368 g/mol. The zero-order chi connectivity index (χ0) is 19.6. The van der Waals surface area contributed by atoms with E-state index < -0.39 is 17.8 Å². The van der Waals surface area contributed by atoms with Gasteiger partial charge in [0, 0.05) is 5.69 Å². The molecule has 0 radical (unpaired) electrons. The Bertz CT molecular complexity index is 933. The fraction of sp³-hybridized carbons (Fsp3) is 0.150. The van der Waals surface area contributed by atoms with Crippen molar-refractivity contribution in [1.82, 2.24) is 0 Å². The van der Waals surface area contributed by atoms with Gasteiger partial charge in [-0.1, -0.05) is 30.7 Å². The van der Waals surface area contributed by atoms with Gasteiger partial charge in [-0.2, -0.15) is 0 Å². The Labute approximate surface area is 161 Å². The summed E-state index contributed by atoms with van der Waals surface area (Å²) in [6.07, 6.45) is 0.899. The molecule has 0 atom stereocenters. The number of amides is 2. The average molecular weight is 385 g/mol. The number of hydrogen-bond acceptors (Lipinski definition) is 5. The minimum absolute atomic E-state index is 0.0166. The fourth-order valence-electron chi connectivity index (χ4n) is 2.68. The van der Waals surface area contributed by atoms with Crippen molar-refractivity contribution in [3.05, 3.63) is 70.4 Å². The Morgan fingerprint density at radius 1 is 1.04 bits per heavy atom. The van der Waals surface area contributed by atoms with Gasteiger partial charge in [-0.25, -0.2) is 9.69 Å². The van der Waals surface area contributed by atoms with Gasteiger partial charge >= 0.3 is 5.97 Å². The maximum absolute atomic E-state index is 12.7. The highest BCUT2D eigenvalue weighted by Gasteiger charge is 2.39. The van der Waals surface area contributed by atoms with Crippen LogP contribution in [0.2, 0.25) is 0 Å². The second-order valence-electron chi connectivity index (χ2n) is 5.85. The Kier molecular flexibility index (Phi) is 5.28. The first-order valence-corrected chi connectivity index (χ1v) is 8.67. The number of nitrogens with one attached hydrogen (secondary N) is 1. The molecule has 1 aliphatic rings. The zero-order valence-corrected chi connectivity index (χ0v) is 15.5. The van der Waals surface area contributed by atoms with E-state index in [0.717, 1.165) is 16.9 Å². The van der Waals surface area contributed by atoms with Gasteiger partial charge in [0.05, 0.1) is 18.4 Å². The maximum Gasteiger partial charge on any atom is 0.337 e. The molecule has 1 aliphatic heterocycles. The third-order valence-electron chi connectivity index (χ3n) is 4.21. The highest BCUT2D eigenvalue weighted by molar-refractivity contribution is 6.53. The molecule has 0 bridgehead atoms. The van der Waals surface area contributed by atoms with Gasteiger partial charge in [0.15, 0.2) is 0 Å². The number of methoxy groups -OCH3 is 1. The van der Waals surface area contributed by atoms with E-state index in [1.54, 1.807) is 0 Å². The molecule has 0 aromatic heterocycles. The van der Waals surface area contributed by atoms with Crippen LogP contribution in [0.3, 0.4) is 0 Å². The summed E-state index contributed by atoms with van der Waals surface area (Å²) in [5, 5.41) is 2.74. The molecule has 2 aromatic rings. The van der Waals surface area contributed by atoms with Crippen LogP contribution in [0.15, 0.2) is 59.3 Å². The first-order chi connectivity index (χ1) is 13.0. The van der Waals surface area contributed by atoms with Crippen LogP contribution in [0.4, 0.5) is 11.4 Å². The van der Waals surface area contributed by atoms with E-state index in [4.69, 9.17) is 11.6 Å². The van der Waals surface area contributed by atoms with Crippen LogP contribution in [-0.2, 0) is 20.7 Å². The van der Waals surface area contributed by atoms with Crippen molar-refractivity contribution in [2.24, 2.45) is 0 Å². The Morgan fingerprint density at radius 3 is 2.22 bits per heavy atom. The van der Waals surface area contributed by atoms with Crippen molar-refractivity contribution < 1.29 is 19.1 Å². The molecule has 0 fully saturated rings. The lowest BCUT2D eigenvalue weighted by Gasteiger charge is -2.15. The minimum Gasteiger partial charge on any atom is -0.465 e. The number of nitrogens with zero attached hydrogens (tertiary/aromatic N) is 1. The smallest absolute Gasteiger partial charge is 0.337 e. The van der Waals surface area contributed by atoms with Crippen LogP contribution < -0.4 is 10.2 Å². The number of halogens is 1. The van der Waals surface area contributed by atoms with Crippen molar-refractivity contribution in [2.45, 2.75) is 13.3 Å². The number of esters is 1. The average Bonchev–Trinajstić information content (AvgIpc) is 2.91. The van der Waals surface area contributed by atoms with E-state index in [-0.39, 0.29) is 10.7 Å². The second-order valence-corrected chi connectivity index (χ2v) is 6.23. The summed E-state index contributed by atoms with van der Waals surface area (Å²) in [6.45, 7) is 2.05. The standard InChI is InChI=1S/C20H17ClN2O4/c1-3-12-4-8-14(9-5-12)22-17-16(21)18(24)23(19(17)25)15-10-6-13(7-11-15)20(26)27-2/h4-11,22H,3H2,1-2H3. The first-order valence-electron chi connectivity index (χ1n) is 8.29. The largest absolute Gasteiger partial charge is 0.465 e. The summed E-state index contributed by atoms with van der Waals surface area (Å²) in [7, 11) is 1.28. The molecule has 0 aliphatic carbocycles. The predicted octanol–water partition coefficient (Wildman–Crippen LogP) is 3.47. The predicted molar refractivity (Wildman–Crippen MR) is 103 cm³/mol. The molecule has 0 saturated heterocycles. The Balaban J connectivity index is 1.83. The van der Waals surface area contributed by atoms with Gasteiger partial charge in [-0.05, 0) is 48.4 Å². The summed E-state index contributed by atoms with van der Waals surface area (Å²) < 4.78 is 4.64. The topological polar surface area (TPSA) is 75.7 Å². The summed E-state index contributed by atoms with van der Waals surface area (Å²) in [4.78, 5) is 37.7. The van der Waals surface area contributed by atoms with E-state index >= 15 is 0 Å². The molecule has 3 rings (SSSR count). The highest BCUT2D eigenvalue weighted by Crippen LogP contribution is 2.30. The molecule has 0 saturated carbocycles. The van der Waals surface area contributed by atoms with Gasteiger partial charge in [0.1, 0.15) is 10.7 Å². The van der Waals surface area contributed by atoms with Crippen molar-refractivity contribution in [2.75, 3.05) is 17.3 Å². The minimum atomic E-state index is -0.625. The Hall–Kier alpha value is -3.12. The van der Waals surface area contributed by atoms with Crippen molar-refractivity contribution in [3.8, 4) is 0 Å². The molecule has 0 unspecified atom stereocenters. The molecule has 0 spiro atoms. The quantitative estimate of drug-likeness (QED) is 0.631. The van der Waals surface area contributed by atoms with Crippen molar-refractivity contribution in [1.29, 1.82) is 0 Å². The van der Waals surface area contributed by atoms with Crippen LogP contribution in [0, 0.1) is 0 Å². The van der Waals surface area contributed by atoms with E-state index in [2.05, 4.69) is 10.1 Å². The molecule has 138 valence electrons. The normalized spacial score (nSPS) is 14.0. The fourth-order valence-corrected chi connectivity index (χ4v) is 2.89. The van der Waals surface area contributed by atoms with Crippen molar-refractivity contribution >= 4 is 40.8 Å². The Morgan fingerprint density at radius 2 is 1.67 bits per heavy atom. The maximum atomic E-state index is 12.7. The number of benzene rings is 2. The monoisotopic (exact) mass is 384 g/mol. The summed E-state index contributed by atoms with van der Waals surface area (Å²) in [5.41, 5.74) is 2.46. The van der Waals surface area contributed by atoms with Crippen molar-refractivity contribution in [3.63, 3.8) is 0 Å². The summed E-state index contributed by atoms with van der Waals surface area (Å²) in [6, 6.07) is 13.4. The SMILES string of the molecule is CCc1ccc(NC2=C(Cl)C(=O)N(c3ccc(C(=O)OC)cc3)C2=O)cc1. The number of aryl methyl sites for hydroxylation is 1. The van der Waals surface area contributed by atoms with Gasteiger partial charge in [0.25, 0.3) is 11.8 Å². The zero-order valence-electron chi connectivity index (χ0n) is 14.8. The molecule has 1 N–H and O–H groups in total. The van der Waals surface area contributed by atoms with E-state index in [0.29, 0.717) is 16.9 Å². The molecular formula is C20H17ClN2O4. The first kappa shape index (κ1) is 18.7. The number of imide groups is 1. The van der Waals surface area contributed by atoms with E-state index in [1.807, 2.05) is 31.2 Å². The molecule has 6 nitrogen and oxygen atoms in total. The number of hydrogen-bond donors (Lipinski definition) is 1. The number of ether oxygens (including phenoxy) is 1. The third kappa shape index (κ3) is 3.57. The molecule has 7 heteroatoms. The van der Waals surface area contributed by atoms with Crippen LogP contribution in [0.1, 0.15) is 22.8 Å². The molecule has 2 aromatic carbocycles. The molecule has 27 heavy (non-hydrogen) atoms. The lowest BCUT2D eigenvalue weighted by atomic mass is 10.1.